The highest BCUT2D eigenvalue weighted by atomic mass is 32.2. The van der Waals surface area contributed by atoms with Crippen LogP contribution >= 0.6 is 0 Å². The number of nitrogens with zero attached hydrogens (tertiary/aromatic N) is 1. The van der Waals surface area contributed by atoms with Gasteiger partial charge in [0.1, 0.15) is 0 Å². The molecule has 0 radical (unpaired) electrons. The van der Waals surface area contributed by atoms with Gasteiger partial charge in [-0.3, -0.25) is 9.52 Å². The Labute approximate surface area is 173 Å². The van der Waals surface area contributed by atoms with Gasteiger partial charge in [-0.05, 0) is 54.8 Å². The van der Waals surface area contributed by atoms with E-state index < -0.39 is 39.2 Å². The van der Waals surface area contributed by atoms with Crippen molar-refractivity contribution in [3.05, 3.63) is 53.1 Å². The molecule has 1 aliphatic heterocycles. The van der Waals surface area contributed by atoms with Crippen molar-refractivity contribution in [3.63, 3.8) is 0 Å². The Morgan fingerprint density at radius 2 is 1.55 bits per heavy atom. The van der Waals surface area contributed by atoms with Gasteiger partial charge in [-0.2, -0.15) is 26.3 Å². The van der Waals surface area contributed by atoms with Crippen molar-refractivity contribution in [2.75, 3.05) is 16.2 Å². The van der Waals surface area contributed by atoms with Crippen LogP contribution in [0.15, 0.2) is 41.3 Å². The van der Waals surface area contributed by atoms with Crippen molar-refractivity contribution in [1.29, 1.82) is 0 Å². The molecule has 168 valence electrons. The van der Waals surface area contributed by atoms with Crippen LogP contribution in [0.2, 0.25) is 0 Å². The number of halogens is 6. The lowest BCUT2D eigenvalue weighted by Gasteiger charge is -2.28. The third-order valence-corrected chi connectivity index (χ3v) is 6.08. The molecule has 0 aromatic heterocycles. The highest BCUT2D eigenvalue weighted by molar-refractivity contribution is 7.92. The first-order valence-corrected chi connectivity index (χ1v) is 10.4. The van der Waals surface area contributed by atoms with Crippen LogP contribution < -0.4 is 9.62 Å². The molecule has 5 nitrogen and oxygen atoms in total. The van der Waals surface area contributed by atoms with Gasteiger partial charge in [0.05, 0.1) is 21.7 Å². The standard InChI is InChI=1S/C19H16F6N2O3S/c1-11(28)27-6-2-3-12-7-16(4-5-17(12)27)31(29,30)26-15-9-13(18(20,21)22)8-14(10-15)19(23,24)25/h4-5,7-10,26H,2-3,6H2,1H3. The largest absolute Gasteiger partial charge is 0.416 e. The number of hydrogen-bond donors (Lipinski definition) is 1. The normalized spacial score (nSPS) is 14.9. The number of rotatable bonds is 3. The predicted octanol–water partition coefficient (Wildman–Crippen LogP) is 4.82. The molecule has 2 aromatic rings. The Hall–Kier alpha value is -2.76. The SMILES string of the molecule is CC(=O)N1CCCc2cc(S(=O)(=O)Nc3cc(C(F)(F)F)cc(C(F)(F)F)c3)ccc21. The molecule has 1 heterocycles. The van der Waals surface area contributed by atoms with Gasteiger partial charge in [0, 0.05) is 19.2 Å². The van der Waals surface area contributed by atoms with E-state index >= 15 is 0 Å². The number of aryl methyl sites for hydroxylation is 1. The monoisotopic (exact) mass is 466 g/mol. The molecule has 0 aliphatic carbocycles. The molecule has 0 saturated heterocycles. The number of carbonyl (C=O) groups excluding carboxylic acids is 1. The van der Waals surface area contributed by atoms with Gasteiger partial charge in [0.25, 0.3) is 10.0 Å². The van der Waals surface area contributed by atoms with Gasteiger partial charge in [0.15, 0.2) is 0 Å². The lowest BCUT2D eigenvalue weighted by Crippen LogP contribution is -2.33. The van der Waals surface area contributed by atoms with Gasteiger partial charge >= 0.3 is 12.4 Å². The molecule has 0 saturated carbocycles. The highest BCUT2D eigenvalue weighted by Gasteiger charge is 2.37. The number of carbonyl (C=O) groups is 1. The van der Waals surface area contributed by atoms with Crippen LogP contribution in [0.1, 0.15) is 30.0 Å². The molecule has 0 unspecified atom stereocenters. The summed E-state index contributed by atoms with van der Waals surface area (Å²) >= 11 is 0. The second-order valence-electron chi connectivity index (χ2n) is 6.96. The summed E-state index contributed by atoms with van der Waals surface area (Å²) in [5, 5.41) is 0. The summed E-state index contributed by atoms with van der Waals surface area (Å²) in [4.78, 5) is 12.8. The molecule has 2 aromatic carbocycles. The van der Waals surface area contributed by atoms with Crippen molar-refractivity contribution in [1.82, 2.24) is 0 Å². The minimum absolute atomic E-state index is 0.0902. The van der Waals surface area contributed by atoms with E-state index in [4.69, 9.17) is 0 Å². The average molecular weight is 466 g/mol. The van der Waals surface area contributed by atoms with E-state index in [-0.39, 0.29) is 16.9 Å². The topological polar surface area (TPSA) is 66.5 Å². The lowest BCUT2D eigenvalue weighted by atomic mass is 10.0. The maximum Gasteiger partial charge on any atom is 0.416 e. The molecule has 1 N–H and O–H groups in total. The minimum Gasteiger partial charge on any atom is -0.312 e. The van der Waals surface area contributed by atoms with Crippen LogP contribution in [0.25, 0.3) is 0 Å². The van der Waals surface area contributed by atoms with Crippen molar-refractivity contribution in [2.45, 2.75) is 37.0 Å². The van der Waals surface area contributed by atoms with Crippen molar-refractivity contribution >= 4 is 27.3 Å². The first kappa shape index (κ1) is 22.9. The van der Waals surface area contributed by atoms with E-state index in [2.05, 4.69) is 0 Å². The number of fused-ring (bicyclic) bond motifs is 1. The summed E-state index contributed by atoms with van der Waals surface area (Å²) in [7, 11) is -4.50. The summed E-state index contributed by atoms with van der Waals surface area (Å²) in [6, 6.07) is 4.28. The molecule has 1 aliphatic rings. The zero-order chi connectivity index (χ0) is 23.2. The van der Waals surface area contributed by atoms with Crippen LogP contribution in [0, 0.1) is 0 Å². The first-order valence-electron chi connectivity index (χ1n) is 8.92. The maximum atomic E-state index is 13.0. The predicted molar refractivity (Wildman–Crippen MR) is 100 cm³/mol. The van der Waals surface area contributed by atoms with Crippen molar-refractivity contribution < 1.29 is 39.6 Å². The lowest BCUT2D eigenvalue weighted by molar-refractivity contribution is -0.143. The van der Waals surface area contributed by atoms with Gasteiger partial charge < -0.3 is 4.90 Å². The summed E-state index contributed by atoms with van der Waals surface area (Å²) in [6.07, 6.45) is -9.18. The van der Waals surface area contributed by atoms with Crippen molar-refractivity contribution in [2.24, 2.45) is 0 Å². The van der Waals surface area contributed by atoms with E-state index in [1.165, 1.54) is 24.0 Å². The zero-order valence-corrected chi connectivity index (χ0v) is 16.7. The molecular weight excluding hydrogens is 450 g/mol. The van der Waals surface area contributed by atoms with Crippen molar-refractivity contribution in [3.8, 4) is 0 Å². The first-order chi connectivity index (χ1) is 14.2. The van der Waals surface area contributed by atoms with E-state index in [9.17, 15) is 39.6 Å². The third kappa shape index (κ3) is 4.94. The second kappa shape index (κ2) is 7.74. The number of benzene rings is 2. The molecular formula is C19H16F6N2O3S. The summed E-state index contributed by atoms with van der Waals surface area (Å²) in [6.45, 7) is 1.81. The number of anilines is 2. The Kier molecular flexibility index (Phi) is 5.72. The molecule has 0 bridgehead atoms. The molecule has 3 rings (SSSR count). The second-order valence-corrected chi connectivity index (χ2v) is 8.65. The van der Waals surface area contributed by atoms with Gasteiger partial charge in [-0.25, -0.2) is 8.42 Å². The average Bonchev–Trinajstić information content (AvgIpc) is 2.65. The van der Waals surface area contributed by atoms with Gasteiger partial charge in [-0.1, -0.05) is 0 Å². The smallest absolute Gasteiger partial charge is 0.312 e. The number of amides is 1. The Morgan fingerprint density at radius 1 is 0.968 bits per heavy atom. The van der Waals surface area contributed by atoms with Gasteiger partial charge in [0.2, 0.25) is 5.91 Å². The number of alkyl halides is 6. The van der Waals surface area contributed by atoms with Crippen LogP contribution in [-0.2, 0) is 33.6 Å². The maximum absolute atomic E-state index is 13.0. The minimum atomic E-state index is -5.11. The van der Waals surface area contributed by atoms with E-state index in [0.717, 1.165) is 6.07 Å². The highest BCUT2D eigenvalue weighted by Crippen LogP contribution is 2.38. The fourth-order valence-corrected chi connectivity index (χ4v) is 4.39. The third-order valence-electron chi connectivity index (χ3n) is 4.70. The number of sulfonamides is 1. The van der Waals surface area contributed by atoms with E-state index in [1.54, 1.807) is 4.72 Å². The number of hydrogen-bond acceptors (Lipinski definition) is 3. The molecule has 12 heteroatoms. The Bertz CT molecular complexity index is 1090. The summed E-state index contributed by atoms with van der Waals surface area (Å²) in [5.74, 6) is -0.238. The van der Waals surface area contributed by atoms with Crippen LogP contribution in [-0.4, -0.2) is 20.9 Å². The van der Waals surface area contributed by atoms with Crippen LogP contribution in [0.3, 0.4) is 0 Å². The molecule has 0 spiro atoms. The summed E-state index contributed by atoms with van der Waals surface area (Å²) < 4.78 is 105. The fraction of sp³-hybridized carbons (Fsp3) is 0.316. The summed E-state index contributed by atoms with van der Waals surface area (Å²) in [5.41, 5.74) is -3.10. The van der Waals surface area contributed by atoms with E-state index in [1.807, 2.05) is 0 Å². The zero-order valence-electron chi connectivity index (χ0n) is 15.9. The van der Waals surface area contributed by atoms with Crippen LogP contribution in [0.4, 0.5) is 37.7 Å². The van der Waals surface area contributed by atoms with Crippen LogP contribution in [0.5, 0.6) is 0 Å². The molecule has 0 atom stereocenters. The van der Waals surface area contributed by atoms with Gasteiger partial charge in [-0.15, -0.1) is 0 Å². The molecule has 31 heavy (non-hydrogen) atoms. The molecule has 1 amide bonds. The molecule has 0 fully saturated rings. The van der Waals surface area contributed by atoms with E-state index in [0.29, 0.717) is 42.8 Å². The number of nitrogens with one attached hydrogen (secondary N) is 1. The Morgan fingerprint density at radius 3 is 2.06 bits per heavy atom. The Balaban J connectivity index is 2.00. The fourth-order valence-electron chi connectivity index (χ4n) is 3.30. The quantitative estimate of drug-likeness (QED) is 0.660.